The molecule has 1 nitrogen and oxygen atoms in total. The lowest BCUT2D eigenvalue weighted by atomic mass is 10.1. The molecule has 0 atom stereocenters. The first-order valence-corrected chi connectivity index (χ1v) is 2.71. The maximum absolute atomic E-state index is 5.25. The van der Waals surface area contributed by atoms with Crippen molar-refractivity contribution < 1.29 is 0 Å². The zero-order valence-electron chi connectivity index (χ0n) is 5.57. The van der Waals surface area contributed by atoms with Gasteiger partial charge in [0.15, 0.2) is 0 Å². The summed E-state index contributed by atoms with van der Waals surface area (Å²) in [6.07, 6.45) is 1.96. The molecule has 0 spiro atoms. The Labute approximate surface area is 50.9 Å². The van der Waals surface area contributed by atoms with Crippen LogP contribution in [0.3, 0.4) is 0 Å². The highest BCUT2D eigenvalue weighted by molar-refractivity contribution is 5.23. The van der Waals surface area contributed by atoms with Gasteiger partial charge < -0.3 is 5.73 Å². The zero-order valence-corrected chi connectivity index (χ0v) is 5.57. The molecule has 0 bridgehead atoms. The molecule has 0 aliphatic carbocycles. The van der Waals surface area contributed by atoms with E-state index in [0.29, 0.717) is 6.54 Å². The largest absolute Gasteiger partial charge is 0.327 e. The fourth-order valence-electron chi connectivity index (χ4n) is 0.351. The van der Waals surface area contributed by atoms with Gasteiger partial charge in [-0.2, -0.15) is 0 Å². The fraction of sp³-hybridized carbons (Fsp3) is 0.429. The lowest BCUT2D eigenvalue weighted by molar-refractivity contribution is 1.21. The van der Waals surface area contributed by atoms with E-state index >= 15 is 0 Å². The fourth-order valence-corrected chi connectivity index (χ4v) is 0.351. The van der Waals surface area contributed by atoms with Crippen LogP contribution in [0, 0.1) is 0 Å². The minimum atomic E-state index is 0.610. The Hall–Kier alpha value is -0.560. The molecular weight excluding hydrogens is 98.1 g/mol. The molecule has 8 heavy (non-hydrogen) atoms. The summed E-state index contributed by atoms with van der Waals surface area (Å²) < 4.78 is 0. The highest BCUT2D eigenvalue weighted by atomic mass is 14.5. The average molecular weight is 111 g/mol. The summed E-state index contributed by atoms with van der Waals surface area (Å²) in [6, 6.07) is 0. The molecule has 0 aliphatic rings. The van der Waals surface area contributed by atoms with Gasteiger partial charge in [0.1, 0.15) is 0 Å². The third-order valence-electron chi connectivity index (χ3n) is 1.10. The molecule has 0 unspecified atom stereocenters. The van der Waals surface area contributed by atoms with Crippen LogP contribution >= 0.6 is 0 Å². The summed E-state index contributed by atoms with van der Waals surface area (Å²) in [5.74, 6) is 0. The molecule has 0 radical (unpaired) electrons. The van der Waals surface area contributed by atoms with Gasteiger partial charge in [-0.1, -0.05) is 23.8 Å². The smallest absolute Gasteiger partial charge is 0.0112 e. The quantitative estimate of drug-likeness (QED) is 0.536. The van der Waals surface area contributed by atoms with Crippen LogP contribution in [0.2, 0.25) is 0 Å². The van der Waals surface area contributed by atoms with Crippen LogP contribution in [0.4, 0.5) is 0 Å². The van der Waals surface area contributed by atoms with Gasteiger partial charge in [-0.05, 0) is 13.8 Å². The van der Waals surface area contributed by atoms with Crippen molar-refractivity contribution in [2.75, 3.05) is 6.54 Å². The van der Waals surface area contributed by atoms with Crippen LogP contribution in [0.15, 0.2) is 23.8 Å². The lowest BCUT2D eigenvalue weighted by Crippen LogP contribution is -1.94. The van der Waals surface area contributed by atoms with Crippen LogP contribution in [0.5, 0.6) is 0 Å². The van der Waals surface area contributed by atoms with Crippen molar-refractivity contribution >= 4 is 0 Å². The zero-order chi connectivity index (χ0) is 6.57. The second-order valence-corrected chi connectivity index (χ2v) is 1.90. The van der Waals surface area contributed by atoms with Crippen molar-refractivity contribution in [3.8, 4) is 0 Å². The van der Waals surface area contributed by atoms with E-state index < -0.39 is 0 Å². The van der Waals surface area contributed by atoms with Crippen molar-refractivity contribution in [3.05, 3.63) is 23.8 Å². The predicted molar refractivity (Wildman–Crippen MR) is 37.6 cm³/mol. The van der Waals surface area contributed by atoms with Crippen molar-refractivity contribution in [2.24, 2.45) is 5.73 Å². The minimum Gasteiger partial charge on any atom is -0.327 e. The highest BCUT2D eigenvalue weighted by Gasteiger charge is 1.83. The highest BCUT2D eigenvalue weighted by Crippen LogP contribution is 2.02. The molecule has 0 aliphatic heterocycles. The predicted octanol–water partition coefficient (Wildman–Crippen LogP) is 1.47. The molecule has 0 saturated carbocycles. The topological polar surface area (TPSA) is 26.0 Å². The molecule has 0 aromatic heterocycles. The molecule has 0 aromatic carbocycles. The van der Waals surface area contributed by atoms with E-state index in [4.69, 9.17) is 5.73 Å². The normalized spacial score (nSPS) is 11.6. The molecule has 0 fully saturated rings. The van der Waals surface area contributed by atoms with Crippen LogP contribution in [-0.4, -0.2) is 6.54 Å². The summed E-state index contributed by atoms with van der Waals surface area (Å²) in [7, 11) is 0. The van der Waals surface area contributed by atoms with Crippen molar-refractivity contribution in [3.63, 3.8) is 0 Å². The Morgan fingerprint density at radius 1 is 1.62 bits per heavy atom. The number of allylic oxidation sites excluding steroid dienone is 2. The van der Waals surface area contributed by atoms with Gasteiger partial charge in [-0.25, -0.2) is 0 Å². The minimum absolute atomic E-state index is 0.610. The van der Waals surface area contributed by atoms with Crippen LogP contribution in [0.25, 0.3) is 0 Å². The summed E-state index contributed by atoms with van der Waals surface area (Å²) in [5, 5.41) is 0. The third kappa shape index (κ3) is 2.59. The van der Waals surface area contributed by atoms with E-state index in [0.717, 1.165) is 5.57 Å². The first-order chi connectivity index (χ1) is 3.68. The number of hydrogen-bond acceptors (Lipinski definition) is 1. The van der Waals surface area contributed by atoms with Crippen molar-refractivity contribution in [2.45, 2.75) is 13.8 Å². The van der Waals surface area contributed by atoms with Crippen LogP contribution in [-0.2, 0) is 0 Å². The second kappa shape index (κ2) is 3.44. The molecule has 0 aromatic rings. The van der Waals surface area contributed by atoms with Gasteiger partial charge in [0, 0.05) is 6.54 Å². The number of nitrogens with two attached hydrogens (primary N) is 1. The Morgan fingerprint density at radius 2 is 2.12 bits per heavy atom. The third-order valence-corrected chi connectivity index (χ3v) is 1.10. The van der Waals surface area contributed by atoms with Crippen LogP contribution < -0.4 is 5.73 Å². The Bertz CT molecular complexity index is 112. The van der Waals surface area contributed by atoms with E-state index in [1.54, 1.807) is 0 Å². The molecule has 0 heterocycles. The van der Waals surface area contributed by atoms with Gasteiger partial charge in [0.25, 0.3) is 0 Å². The second-order valence-electron chi connectivity index (χ2n) is 1.90. The molecular formula is C7H13N. The molecule has 0 rings (SSSR count). The van der Waals surface area contributed by atoms with Gasteiger partial charge in [0.2, 0.25) is 0 Å². The molecule has 0 saturated heterocycles. The average Bonchev–Trinajstić information content (AvgIpc) is 1.67. The van der Waals surface area contributed by atoms with E-state index in [2.05, 4.69) is 6.58 Å². The van der Waals surface area contributed by atoms with Gasteiger partial charge in [0.05, 0.1) is 0 Å². The van der Waals surface area contributed by atoms with Gasteiger partial charge in [-0.3, -0.25) is 0 Å². The maximum atomic E-state index is 5.25. The monoisotopic (exact) mass is 111 g/mol. The van der Waals surface area contributed by atoms with Gasteiger partial charge in [-0.15, -0.1) is 0 Å². The van der Waals surface area contributed by atoms with E-state index in [9.17, 15) is 0 Å². The van der Waals surface area contributed by atoms with Crippen LogP contribution in [0.1, 0.15) is 13.8 Å². The van der Waals surface area contributed by atoms with E-state index in [-0.39, 0.29) is 0 Å². The van der Waals surface area contributed by atoms with E-state index in [1.807, 2.05) is 19.9 Å². The first-order valence-electron chi connectivity index (χ1n) is 2.71. The SMILES string of the molecule is C=C(C)/C(C)=C/CN. The van der Waals surface area contributed by atoms with Crippen molar-refractivity contribution in [1.82, 2.24) is 0 Å². The Balaban J connectivity index is 3.80. The lowest BCUT2D eigenvalue weighted by Gasteiger charge is -1.94. The number of rotatable bonds is 2. The molecule has 2 N–H and O–H groups in total. The number of hydrogen-bond donors (Lipinski definition) is 1. The van der Waals surface area contributed by atoms with Crippen molar-refractivity contribution in [1.29, 1.82) is 0 Å². The van der Waals surface area contributed by atoms with Gasteiger partial charge >= 0.3 is 0 Å². The maximum Gasteiger partial charge on any atom is 0.0112 e. The Kier molecular flexibility index (Phi) is 3.20. The Morgan fingerprint density at radius 3 is 2.25 bits per heavy atom. The van der Waals surface area contributed by atoms with E-state index in [1.165, 1.54) is 5.57 Å². The standard InChI is InChI=1S/C7H13N/c1-6(2)7(3)4-5-8/h4H,1,5,8H2,2-3H3/b7-4+. The molecule has 1 heteroatoms. The molecule has 46 valence electrons. The summed E-state index contributed by atoms with van der Waals surface area (Å²) in [6.45, 7) is 8.34. The first kappa shape index (κ1) is 7.44. The summed E-state index contributed by atoms with van der Waals surface area (Å²) in [4.78, 5) is 0. The molecule has 0 amide bonds. The summed E-state index contributed by atoms with van der Waals surface area (Å²) >= 11 is 0. The summed E-state index contributed by atoms with van der Waals surface area (Å²) in [5.41, 5.74) is 7.53.